The van der Waals surface area contributed by atoms with Crippen molar-refractivity contribution in [3.8, 4) is 0 Å². The Hall–Kier alpha value is -1.38. The van der Waals surface area contributed by atoms with Gasteiger partial charge in [-0.1, -0.05) is 24.3 Å². The standard InChI is InChI=1S/C20H26BrN5OS/c1-19(2,28(22)27)12-16-15-6-4-3-5-14(15)11-20(16)7-9-26(10-8-20)18-23-13-17(21)24-25-18/h3-6,13,16H,7-12,22H2,1-2H3/t16-,28?/m1/s1. The molecule has 1 unspecified atom stereocenters. The van der Waals surface area contributed by atoms with E-state index in [9.17, 15) is 4.21 Å². The summed E-state index contributed by atoms with van der Waals surface area (Å²) in [6.45, 7) is 5.85. The number of benzene rings is 1. The number of nitrogens with two attached hydrogens (primary N) is 1. The molecule has 2 heterocycles. The van der Waals surface area contributed by atoms with Gasteiger partial charge in [-0.05, 0) is 77.9 Å². The Morgan fingerprint density at radius 2 is 2.00 bits per heavy atom. The molecule has 6 nitrogen and oxygen atoms in total. The Morgan fingerprint density at radius 1 is 1.29 bits per heavy atom. The van der Waals surface area contributed by atoms with Crippen molar-refractivity contribution in [3.63, 3.8) is 0 Å². The number of nitrogens with zero attached hydrogens (tertiary/aromatic N) is 4. The van der Waals surface area contributed by atoms with Crippen LogP contribution in [0.5, 0.6) is 0 Å². The zero-order valence-electron chi connectivity index (χ0n) is 16.3. The van der Waals surface area contributed by atoms with Crippen molar-refractivity contribution in [2.75, 3.05) is 18.0 Å². The van der Waals surface area contributed by atoms with Crippen LogP contribution in [0.2, 0.25) is 0 Å². The normalized spacial score (nSPS) is 22.3. The minimum Gasteiger partial charge on any atom is -0.339 e. The summed E-state index contributed by atoms with van der Waals surface area (Å²) >= 11 is 3.29. The zero-order valence-corrected chi connectivity index (χ0v) is 18.7. The van der Waals surface area contributed by atoms with E-state index in [1.807, 2.05) is 13.8 Å². The third kappa shape index (κ3) is 3.62. The highest BCUT2D eigenvalue weighted by Crippen LogP contribution is 2.56. The average Bonchev–Trinajstić information content (AvgIpc) is 2.96. The molecule has 2 atom stereocenters. The lowest BCUT2D eigenvalue weighted by atomic mass is 9.67. The SMILES string of the molecule is CC(C)(C[C@@H]1c2ccccc2CC12CCN(c1ncc(Br)nn1)CC2)S(N)=O. The number of halogens is 1. The molecule has 1 aliphatic heterocycles. The monoisotopic (exact) mass is 463 g/mol. The van der Waals surface area contributed by atoms with Gasteiger partial charge in [0.2, 0.25) is 5.95 Å². The molecule has 2 N–H and O–H groups in total. The molecule has 28 heavy (non-hydrogen) atoms. The van der Waals surface area contributed by atoms with Gasteiger partial charge in [0.15, 0.2) is 0 Å². The van der Waals surface area contributed by atoms with Gasteiger partial charge in [-0.25, -0.2) is 9.19 Å². The fraction of sp³-hybridized carbons (Fsp3) is 0.550. The van der Waals surface area contributed by atoms with E-state index in [1.165, 1.54) is 11.1 Å². The van der Waals surface area contributed by atoms with E-state index in [4.69, 9.17) is 5.14 Å². The molecule has 0 amide bonds. The molecule has 2 aromatic rings. The van der Waals surface area contributed by atoms with Gasteiger partial charge in [-0.3, -0.25) is 5.14 Å². The number of piperidine rings is 1. The highest BCUT2D eigenvalue weighted by atomic mass is 79.9. The average molecular weight is 464 g/mol. The minimum atomic E-state index is -1.35. The third-order valence-corrected chi connectivity index (χ3v) is 8.14. The van der Waals surface area contributed by atoms with Crippen LogP contribution in [-0.2, 0) is 17.4 Å². The van der Waals surface area contributed by atoms with Gasteiger partial charge in [0.25, 0.3) is 0 Å². The van der Waals surface area contributed by atoms with Gasteiger partial charge in [-0.15, -0.1) is 10.2 Å². The molecule has 4 rings (SSSR count). The Balaban J connectivity index is 1.59. The molecule has 1 aliphatic carbocycles. The summed E-state index contributed by atoms with van der Waals surface area (Å²) in [4.78, 5) is 6.63. The van der Waals surface area contributed by atoms with E-state index in [2.05, 4.69) is 60.3 Å². The summed E-state index contributed by atoms with van der Waals surface area (Å²) in [5.74, 6) is 1.06. The predicted octanol–water partition coefficient (Wildman–Crippen LogP) is 3.35. The summed E-state index contributed by atoms with van der Waals surface area (Å²) in [5, 5.41) is 14.1. The summed E-state index contributed by atoms with van der Waals surface area (Å²) in [7, 11) is -1.35. The van der Waals surface area contributed by atoms with Crippen LogP contribution in [-0.4, -0.2) is 37.2 Å². The second kappa shape index (κ2) is 7.46. The molecular weight excluding hydrogens is 438 g/mol. The largest absolute Gasteiger partial charge is 0.339 e. The molecule has 1 aromatic heterocycles. The van der Waals surface area contributed by atoms with Crippen LogP contribution in [0, 0.1) is 5.41 Å². The third-order valence-electron chi connectivity index (χ3n) is 6.52. The van der Waals surface area contributed by atoms with Crippen molar-refractivity contribution in [1.82, 2.24) is 15.2 Å². The van der Waals surface area contributed by atoms with Crippen LogP contribution in [0.25, 0.3) is 0 Å². The van der Waals surface area contributed by atoms with Crippen LogP contribution < -0.4 is 10.0 Å². The predicted molar refractivity (Wildman–Crippen MR) is 115 cm³/mol. The fourth-order valence-corrected chi connectivity index (χ4v) is 5.36. The fourth-order valence-electron chi connectivity index (χ4n) is 4.84. The van der Waals surface area contributed by atoms with Gasteiger partial charge in [0, 0.05) is 13.1 Å². The Bertz CT molecular complexity index is 880. The molecule has 150 valence electrons. The first-order valence-electron chi connectivity index (χ1n) is 9.65. The molecule has 1 spiro atoms. The Kier molecular flexibility index (Phi) is 5.31. The molecule has 0 bridgehead atoms. The lowest BCUT2D eigenvalue weighted by Gasteiger charge is -2.45. The van der Waals surface area contributed by atoms with Gasteiger partial charge in [-0.2, -0.15) is 0 Å². The topological polar surface area (TPSA) is 85.0 Å². The lowest BCUT2D eigenvalue weighted by molar-refractivity contribution is 0.170. The number of hydrogen-bond donors (Lipinski definition) is 1. The molecule has 8 heteroatoms. The second-order valence-corrected chi connectivity index (χ2v) is 11.1. The van der Waals surface area contributed by atoms with Crippen molar-refractivity contribution in [3.05, 3.63) is 46.2 Å². The molecule has 0 radical (unpaired) electrons. The summed E-state index contributed by atoms with van der Waals surface area (Å²) in [6, 6.07) is 8.74. The van der Waals surface area contributed by atoms with Crippen LogP contribution in [0.15, 0.2) is 35.1 Å². The Morgan fingerprint density at radius 3 is 2.64 bits per heavy atom. The smallest absolute Gasteiger partial charge is 0.245 e. The van der Waals surface area contributed by atoms with Crippen molar-refractivity contribution in [2.45, 2.75) is 50.2 Å². The van der Waals surface area contributed by atoms with Crippen molar-refractivity contribution < 1.29 is 4.21 Å². The molecule has 1 saturated heterocycles. The number of aromatic nitrogens is 3. The first-order chi connectivity index (χ1) is 13.3. The zero-order chi connectivity index (χ0) is 19.9. The first kappa shape index (κ1) is 19.9. The van der Waals surface area contributed by atoms with E-state index in [0.29, 0.717) is 16.5 Å². The highest BCUT2D eigenvalue weighted by Gasteiger charge is 2.49. The quantitative estimate of drug-likeness (QED) is 0.750. The van der Waals surface area contributed by atoms with E-state index in [0.717, 1.165) is 38.8 Å². The second-order valence-electron chi connectivity index (χ2n) is 8.62. The van der Waals surface area contributed by atoms with Crippen LogP contribution in [0.1, 0.15) is 50.2 Å². The molecule has 0 saturated carbocycles. The van der Waals surface area contributed by atoms with Crippen LogP contribution in [0.4, 0.5) is 5.95 Å². The van der Waals surface area contributed by atoms with Crippen molar-refractivity contribution in [1.29, 1.82) is 0 Å². The van der Waals surface area contributed by atoms with E-state index in [1.54, 1.807) is 6.20 Å². The maximum Gasteiger partial charge on any atom is 0.245 e. The summed E-state index contributed by atoms with van der Waals surface area (Å²) in [6.07, 6.45) is 5.72. The summed E-state index contributed by atoms with van der Waals surface area (Å²) in [5.41, 5.74) is 3.02. The lowest BCUT2D eigenvalue weighted by Crippen LogP contribution is -2.45. The molecule has 2 aliphatic rings. The number of anilines is 1. The Labute approximate surface area is 177 Å². The van der Waals surface area contributed by atoms with Gasteiger partial charge < -0.3 is 4.90 Å². The van der Waals surface area contributed by atoms with Crippen molar-refractivity contribution >= 4 is 32.9 Å². The minimum absolute atomic E-state index is 0.180. The molecule has 1 fully saturated rings. The van der Waals surface area contributed by atoms with E-state index >= 15 is 0 Å². The first-order valence-corrected chi connectivity index (χ1v) is 11.7. The summed E-state index contributed by atoms with van der Waals surface area (Å²) < 4.78 is 12.4. The molecular formula is C20H26BrN5OS. The number of hydrogen-bond acceptors (Lipinski definition) is 5. The van der Waals surface area contributed by atoms with Gasteiger partial charge in [0.1, 0.15) is 4.60 Å². The van der Waals surface area contributed by atoms with E-state index < -0.39 is 15.7 Å². The van der Waals surface area contributed by atoms with Gasteiger partial charge in [0.05, 0.1) is 21.9 Å². The van der Waals surface area contributed by atoms with Crippen LogP contribution in [0.3, 0.4) is 0 Å². The maximum absolute atomic E-state index is 12.2. The number of rotatable bonds is 4. The maximum atomic E-state index is 12.2. The van der Waals surface area contributed by atoms with Crippen LogP contribution >= 0.6 is 15.9 Å². The number of fused-ring (bicyclic) bond motifs is 1. The van der Waals surface area contributed by atoms with E-state index in [-0.39, 0.29) is 5.41 Å². The van der Waals surface area contributed by atoms with Crippen molar-refractivity contribution in [2.24, 2.45) is 10.6 Å². The highest BCUT2D eigenvalue weighted by molar-refractivity contribution is 9.10. The van der Waals surface area contributed by atoms with Gasteiger partial charge >= 0.3 is 0 Å². The molecule has 1 aromatic carbocycles.